The summed E-state index contributed by atoms with van der Waals surface area (Å²) in [6, 6.07) is 16.9. The Bertz CT molecular complexity index is 1210. The summed E-state index contributed by atoms with van der Waals surface area (Å²) in [6.45, 7) is 1.74. The first-order valence-electron chi connectivity index (χ1n) is 11.0. The van der Waals surface area contributed by atoms with E-state index in [1.807, 2.05) is 4.90 Å². The third kappa shape index (κ3) is 5.61. The van der Waals surface area contributed by atoms with E-state index in [0.717, 1.165) is 37.6 Å². The number of piperidine rings is 1. The second-order valence-electron chi connectivity index (χ2n) is 8.08. The topological polar surface area (TPSA) is 85.3 Å². The molecule has 0 spiro atoms. The van der Waals surface area contributed by atoms with Crippen LogP contribution in [-0.4, -0.2) is 35.6 Å². The van der Waals surface area contributed by atoms with Crippen molar-refractivity contribution in [3.8, 4) is 0 Å². The number of anilines is 2. The summed E-state index contributed by atoms with van der Waals surface area (Å²) in [7, 11) is 0. The van der Waals surface area contributed by atoms with Gasteiger partial charge in [0, 0.05) is 34.9 Å². The second-order valence-corrected chi connectivity index (χ2v) is 8.52. The average molecular weight is 479 g/mol. The lowest BCUT2D eigenvalue weighted by atomic mass is 10.1. The Kier molecular flexibility index (Phi) is 7.23. The highest BCUT2D eigenvalue weighted by Crippen LogP contribution is 2.21. The molecule has 0 radical (unpaired) electrons. The molecule has 3 aromatic carbocycles. The quantitative estimate of drug-likeness (QED) is 0.320. The lowest BCUT2D eigenvalue weighted by molar-refractivity contribution is 0.102. The van der Waals surface area contributed by atoms with Gasteiger partial charge >= 0.3 is 0 Å². The Morgan fingerprint density at radius 1 is 0.824 bits per heavy atom. The predicted molar refractivity (Wildman–Crippen MR) is 132 cm³/mol. The minimum atomic E-state index is -0.597. The maximum atomic E-state index is 13.9. The molecular formula is C26H24ClFN4O2. The van der Waals surface area contributed by atoms with Crippen molar-refractivity contribution in [2.24, 2.45) is 0 Å². The van der Waals surface area contributed by atoms with Crippen LogP contribution in [0.2, 0.25) is 5.02 Å². The van der Waals surface area contributed by atoms with E-state index in [0.29, 0.717) is 22.1 Å². The molecule has 34 heavy (non-hydrogen) atoms. The number of carbonyl (C=O) groups excluding carboxylic acids is 2. The number of amides is 2. The molecule has 6 nitrogen and oxygen atoms in total. The number of nitrogens with zero attached hydrogens (tertiary/aromatic N) is 1. The lowest BCUT2D eigenvalue weighted by Gasteiger charge is -2.29. The Hall–Kier alpha value is -3.71. The van der Waals surface area contributed by atoms with Gasteiger partial charge in [-0.15, -0.1) is 0 Å². The normalized spacial score (nSPS) is 13.3. The van der Waals surface area contributed by atoms with Crippen LogP contribution in [-0.2, 0) is 0 Å². The predicted octanol–water partition coefficient (Wildman–Crippen LogP) is 5.79. The smallest absolute Gasteiger partial charge is 0.257 e. The fraction of sp³-hybridized carbons (Fsp3) is 0.192. The van der Waals surface area contributed by atoms with Gasteiger partial charge in [0.15, 0.2) is 0 Å². The van der Waals surface area contributed by atoms with Crippen molar-refractivity contribution < 1.29 is 14.0 Å². The summed E-state index contributed by atoms with van der Waals surface area (Å²) < 4.78 is 13.9. The molecule has 0 bridgehead atoms. The van der Waals surface area contributed by atoms with Crippen LogP contribution in [0.5, 0.6) is 0 Å². The van der Waals surface area contributed by atoms with E-state index in [9.17, 15) is 14.0 Å². The van der Waals surface area contributed by atoms with Crippen LogP contribution < -0.4 is 10.6 Å². The van der Waals surface area contributed by atoms with Gasteiger partial charge in [-0.05, 0) is 73.9 Å². The van der Waals surface area contributed by atoms with Crippen molar-refractivity contribution >= 4 is 40.6 Å². The first kappa shape index (κ1) is 23.4. The van der Waals surface area contributed by atoms with Crippen LogP contribution >= 0.6 is 11.6 Å². The SMILES string of the molecule is N=C(c1ccc(C(=O)Nc2ccc(F)cc2C(=O)Nc2ccc(Cl)cc2)cc1)N1CCCCC1. The van der Waals surface area contributed by atoms with E-state index in [1.54, 1.807) is 48.5 Å². The summed E-state index contributed by atoms with van der Waals surface area (Å²) in [5, 5.41) is 14.3. The molecule has 8 heteroatoms. The molecule has 0 aromatic heterocycles. The fourth-order valence-electron chi connectivity index (χ4n) is 3.82. The third-order valence-electron chi connectivity index (χ3n) is 5.67. The Morgan fingerprint density at radius 2 is 1.47 bits per heavy atom. The number of halogens is 2. The number of rotatable bonds is 5. The van der Waals surface area contributed by atoms with E-state index in [1.165, 1.54) is 18.6 Å². The van der Waals surface area contributed by atoms with Gasteiger partial charge < -0.3 is 15.5 Å². The minimum absolute atomic E-state index is 0.00760. The van der Waals surface area contributed by atoms with Crippen molar-refractivity contribution in [1.29, 1.82) is 5.41 Å². The third-order valence-corrected chi connectivity index (χ3v) is 5.92. The molecule has 1 saturated heterocycles. The van der Waals surface area contributed by atoms with Crippen molar-refractivity contribution in [1.82, 2.24) is 4.90 Å². The molecule has 1 aliphatic heterocycles. The van der Waals surface area contributed by atoms with Crippen molar-refractivity contribution in [2.45, 2.75) is 19.3 Å². The molecule has 0 aliphatic carbocycles. The highest BCUT2D eigenvalue weighted by molar-refractivity contribution is 6.30. The second kappa shape index (κ2) is 10.5. The standard InChI is InChI=1S/C26H24ClFN4O2/c27-19-8-11-21(12-9-19)30-26(34)22-16-20(28)10-13-23(22)31-25(33)18-6-4-17(5-7-18)24(29)32-14-2-1-3-15-32/h4-13,16,29H,1-3,14-15H2,(H,30,34)(H,31,33). The molecular weight excluding hydrogens is 455 g/mol. The van der Waals surface area contributed by atoms with Gasteiger partial charge in [0.05, 0.1) is 11.3 Å². The summed E-state index contributed by atoms with van der Waals surface area (Å²) in [6.07, 6.45) is 3.34. The van der Waals surface area contributed by atoms with Crippen LogP contribution in [0.3, 0.4) is 0 Å². The zero-order chi connectivity index (χ0) is 24.1. The molecule has 0 saturated carbocycles. The van der Waals surface area contributed by atoms with E-state index in [4.69, 9.17) is 17.0 Å². The maximum absolute atomic E-state index is 13.9. The van der Waals surface area contributed by atoms with Crippen molar-refractivity contribution in [3.05, 3.63) is 94.3 Å². The zero-order valence-corrected chi connectivity index (χ0v) is 19.2. The van der Waals surface area contributed by atoms with E-state index in [-0.39, 0.29) is 11.3 Å². The van der Waals surface area contributed by atoms with Crippen LogP contribution in [0.15, 0.2) is 66.7 Å². The number of hydrogen-bond donors (Lipinski definition) is 3. The minimum Gasteiger partial charge on any atom is -0.357 e. The van der Waals surface area contributed by atoms with Gasteiger partial charge in [0.2, 0.25) is 0 Å². The number of benzene rings is 3. The Morgan fingerprint density at radius 3 is 2.15 bits per heavy atom. The zero-order valence-electron chi connectivity index (χ0n) is 18.4. The van der Waals surface area contributed by atoms with Crippen molar-refractivity contribution in [3.63, 3.8) is 0 Å². The first-order valence-corrected chi connectivity index (χ1v) is 11.4. The fourth-order valence-corrected chi connectivity index (χ4v) is 3.95. The Labute approximate surface area is 202 Å². The molecule has 4 rings (SSSR count). The molecule has 0 unspecified atom stereocenters. The lowest BCUT2D eigenvalue weighted by Crippen LogP contribution is -2.35. The van der Waals surface area contributed by atoms with Crippen molar-refractivity contribution in [2.75, 3.05) is 23.7 Å². The number of likely N-dealkylation sites (tertiary alicyclic amines) is 1. The molecule has 1 fully saturated rings. The molecule has 1 heterocycles. The summed E-state index contributed by atoms with van der Waals surface area (Å²) in [4.78, 5) is 27.7. The number of nitrogens with one attached hydrogen (secondary N) is 3. The highest BCUT2D eigenvalue weighted by Gasteiger charge is 2.18. The average Bonchev–Trinajstić information content (AvgIpc) is 2.86. The summed E-state index contributed by atoms with van der Waals surface area (Å²) in [5.41, 5.74) is 1.77. The van der Waals surface area contributed by atoms with Gasteiger partial charge in [-0.2, -0.15) is 0 Å². The number of carbonyl (C=O) groups is 2. The monoisotopic (exact) mass is 478 g/mol. The maximum Gasteiger partial charge on any atom is 0.257 e. The molecule has 174 valence electrons. The van der Waals surface area contributed by atoms with Crippen LogP contribution in [0.1, 0.15) is 45.5 Å². The number of hydrogen-bond acceptors (Lipinski definition) is 3. The highest BCUT2D eigenvalue weighted by atomic mass is 35.5. The van der Waals surface area contributed by atoms with Crippen LogP contribution in [0.4, 0.5) is 15.8 Å². The van der Waals surface area contributed by atoms with Crippen LogP contribution in [0.25, 0.3) is 0 Å². The summed E-state index contributed by atoms with van der Waals surface area (Å²) in [5.74, 6) is -1.16. The van der Waals surface area contributed by atoms with Crippen LogP contribution in [0, 0.1) is 11.2 Å². The van der Waals surface area contributed by atoms with Gasteiger partial charge in [-0.3, -0.25) is 15.0 Å². The molecule has 0 atom stereocenters. The molecule has 2 amide bonds. The van der Waals surface area contributed by atoms with E-state index in [2.05, 4.69) is 10.6 Å². The van der Waals surface area contributed by atoms with E-state index < -0.39 is 17.6 Å². The van der Waals surface area contributed by atoms with Gasteiger partial charge in [-0.1, -0.05) is 23.7 Å². The number of amidine groups is 1. The summed E-state index contributed by atoms with van der Waals surface area (Å²) >= 11 is 5.87. The van der Waals surface area contributed by atoms with Gasteiger partial charge in [0.25, 0.3) is 11.8 Å². The molecule has 1 aliphatic rings. The Balaban J connectivity index is 1.47. The van der Waals surface area contributed by atoms with Gasteiger partial charge in [0.1, 0.15) is 11.7 Å². The van der Waals surface area contributed by atoms with Gasteiger partial charge in [-0.25, -0.2) is 4.39 Å². The van der Waals surface area contributed by atoms with E-state index >= 15 is 0 Å². The first-order chi connectivity index (χ1) is 16.4. The molecule has 3 N–H and O–H groups in total. The molecule has 3 aromatic rings. The largest absolute Gasteiger partial charge is 0.357 e.